The smallest absolute Gasteiger partial charge is 0.220 e. The fourth-order valence-electron chi connectivity index (χ4n) is 2.35. The van der Waals surface area contributed by atoms with Crippen molar-refractivity contribution in [1.82, 2.24) is 10.3 Å². The van der Waals surface area contributed by atoms with Crippen LogP contribution in [-0.4, -0.2) is 30.6 Å². The van der Waals surface area contributed by atoms with Gasteiger partial charge in [0.15, 0.2) is 0 Å². The molecule has 0 bridgehead atoms. The van der Waals surface area contributed by atoms with E-state index in [4.69, 9.17) is 4.74 Å². The fourth-order valence-corrected chi connectivity index (χ4v) is 2.35. The predicted molar refractivity (Wildman–Crippen MR) is 73.7 cm³/mol. The molecule has 0 unspecified atom stereocenters. The minimum absolute atomic E-state index is 0.133. The molecule has 0 spiro atoms. The van der Waals surface area contributed by atoms with Gasteiger partial charge in [-0.3, -0.25) is 9.78 Å². The van der Waals surface area contributed by atoms with Crippen molar-refractivity contribution in [3.63, 3.8) is 0 Å². The number of pyridine rings is 1. The normalized spacial score (nSPS) is 19.1. The van der Waals surface area contributed by atoms with Crippen LogP contribution in [0.15, 0.2) is 24.5 Å². The second kappa shape index (κ2) is 7.89. The van der Waals surface area contributed by atoms with Gasteiger partial charge in [-0.05, 0) is 49.3 Å². The Hall–Kier alpha value is -1.42. The van der Waals surface area contributed by atoms with Crippen molar-refractivity contribution in [1.29, 1.82) is 0 Å². The molecule has 1 aromatic rings. The lowest BCUT2D eigenvalue weighted by Crippen LogP contribution is -2.28. The maximum absolute atomic E-state index is 11.7. The number of nitrogens with zero attached hydrogens (tertiary/aromatic N) is 1. The summed E-state index contributed by atoms with van der Waals surface area (Å²) in [5.74, 6) is 0.753. The van der Waals surface area contributed by atoms with E-state index >= 15 is 0 Å². The number of hydrogen-bond donors (Lipinski definition) is 1. The summed E-state index contributed by atoms with van der Waals surface area (Å²) >= 11 is 0. The van der Waals surface area contributed by atoms with Gasteiger partial charge in [-0.25, -0.2) is 0 Å². The number of aryl methyl sites for hydroxylation is 1. The molecule has 104 valence electrons. The molecule has 1 aliphatic rings. The maximum atomic E-state index is 11.7. The van der Waals surface area contributed by atoms with Gasteiger partial charge in [0, 0.05) is 38.6 Å². The van der Waals surface area contributed by atoms with Gasteiger partial charge in [0.2, 0.25) is 5.91 Å². The molecule has 1 saturated heterocycles. The Morgan fingerprint density at radius 3 is 3.00 bits per heavy atom. The Balaban J connectivity index is 1.57. The molecular weight excluding hydrogens is 240 g/mol. The highest BCUT2D eigenvalue weighted by molar-refractivity contribution is 5.76. The van der Waals surface area contributed by atoms with Crippen LogP contribution in [0, 0.1) is 5.92 Å². The van der Waals surface area contributed by atoms with Gasteiger partial charge in [0.25, 0.3) is 0 Å². The number of amides is 1. The molecule has 2 heterocycles. The second-order valence-electron chi connectivity index (χ2n) is 5.08. The van der Waals surface area contributed by atoms with Crippen LogP contribution in [0.5, 0.6) is 0 Å². The topological polar surface area (TPSA) is 51.2 Å². The molecule has 1 aliphatic heterocycles. The minimum atomic E-state index is 0.133. The van der Waals surface area contributed by atoms with Crippen LogP contribution in [0.1, 0.15) is 31.2 Å². The lowest BCUT2D eigenvalue weighted by molar-refractivity contribution is -0.121. The Labute approximate surface area is 114 Å². The summed E-state index contributed by atoms with van der Waals surface area (Å²) in [6.07, 6.45) is 8.26. The Morgan fingerprint density at radius 2 is 2.26 bits per heavy atom. The molecule has 0 aromatic carbocycles. The molecule has 0 radical (unpaired) electrons. The average Bonchev–Trinajstić information content (AvgIpc) is 2.47. The van der Waals surface area contributed by atoms with Crippen LogP contribution in [0.3, 0.4) is 0 Å². The van der Waals surface area contributed by atoms with Crippen molar-refractivity contribution >= 4 is 5.91 Å². The van der Waals surface area contributed by atoms with Crippen LogP contribution in [0.2, 0.25) is 0 Å². The molecule has 1 fully saturated rings. The zero-order valence-electron chi connectivity index (χ0n) is 11.3. The van der Waals surface area contributed by atoms with Crippen LogP contribution in [0.4, 0.5) is 0 Å². The zero-order chi connectivity index (χ0) is 13.3. The van der Waals surface area contributed by atoms with Crippen molar-refractivity contribution < 1.29 is 9.53 Å². The van der Waals surface area contributed by atoms with Crippen molar-refractivity contribution in [2.24, 2.45) is 5.92 Å². The van der Waals surface area contributed by atoms with E-state index in [-0.39, 0.29) is 5.91 Å². The van der Waals surface area contributed by atoms with E-state index in [1.807, 2.05) is 12.1 Å². The monoisotopic (exact) mass is 262 g/mol. The van der Waals surface area contributed by atoms with E-state index in [0.29, 0.717) is 12.3 Å². The molecule has 1 amide bonds. The van der Waals surface area contributed by atoms with E-state index in [1.165, 1.54) is 6.42 Å². The van der Waals surface area contributed by atoms with Gasteiger partial charge in [-0.15, -0.1) is 0 Å². The maximum Gasteiger partial charge on any atom is 0.220 e. The first-order valence-corrected chi connectivity index (χ1v) is 7.08. The molecule has 1 N–H and O–H groups in total. The van der Waals surface area contributed by atoms with Crippen LogP contribution in [-0.2, 0) is 16.0 Å². The van der Waals surface area contributed by atoms with Gasteiger partial charge in [0.05, 0.1) is 0 Å². The molecule has 0 saturated carbocycles. The molecule has 1 atom stereocenters. The number of hydrogen-bond acceptors (Lipinski definition) is 3. The Kier molecular flexibility index (Phi) is 5.82. The number of rotatable bonds is 6. The summed E-state index contributed by atoms with van der Waals surface area (Å²) < 4.78 is 5.43. The van der Waals surface area contributed by atoms with Crippen LogP contribution in [0.25, 0.3) is 0 Å². The standard InChI is InChI=1S/C15H22N2O2/c18-15(4-3-13-5-8-16-9-6-13)17-10-7-14-2-1-11-19-12-14/h5-6,8-9,14H,1-4,7,10-12H2,(H,17,18)/t14-/m1/s1. The fraction of sp³-hybridized carbons (Fsp3) is 0.600. The summed E-state index contributed by atoms with van der Waals surface area (Å²) in [5, 5.41) is 2.99. The van der Waals surface area contributed by atoms with Gasteiger partial charge >= 0.3 is 0 Å². The van der Waals surface area contributed by atoms with Crippen molar-refractivity contribution in [3.8, 4) is 0 Å². The predicted octanol–water partition coefficient (Wildman–Crippen LogP) is 1.95. The second-order valence-corrected chi connectivity index (χ2v) is 5.08. The van der Waals surface area contributed by atoms with Gasteiger partial charge in [-0.2, -0.15) is 0 Å². The van der Waals surface area contributed by atoms with Gasteiger partial charge in [0.1, 0.15) is 0 Å². The summed E-state index contributed by atoms with van der Waals surface area (Å²) in [4.78, 5) is 15.7. The Morgan fingerprint density at radius 1 is 1.42 bits per heavy atom. The van der Waals surface area contributed by atoms with Gasteiger partial charge < -0.3 is 10.1 Å². The summed E-state index contributed by atoms with van der Waals surface area (Å²) in [6, 6.07) is 3.90. The SMILES string of the molecule is O=C(CCc1ccncc1)NCC[C@H]1CCCOC1. The van der Waals surface area contributed by atoms with Crippen molar-refractivity contribution in [2.45, 2.75) is 32.1 Å². The zero-order valence-corrected chi connectivity index (χ0v) is 11.3. The lowest BCUT2D eigenvalue weighted by Gasteiger charge is -2.21. The van der Waals surface area contributed by atoms with Crippen LogP contribution < -0.4 is 5.32 Å². The number of nitrogens with one attached hydrogen (secondary N) is 1. The number of carbonyl (C=O) groups is 1. The molecule has 4 nitrogen and oxygen atoms in total. The average molecular weight is 262 g/mol. The van der Waals surface area contributed by atoms with E-state index in [9.17, 15) is 4.79 Å². The van der Waals surface area contributed by atoms with E-state index < -0.39 is 0 Å². The summed E-state index contributed by atoms with van der Waals surface area (Å²) in [7, 11) is 0. The summed E-state index contributed by atoms with van der Waals surface area (Å²) in [5.41, 5.74) is 1.16. The summed E-state index contributed by atoms with van der Waals surface area (Å²) in [6.45, 7) is 2.52. The van der Waals surface area contributed by atoms with E-state index in [1.54, 1.807) is 12.4 Å². The quantitative estimate of drug-likeness (QED) is 0.852. The number of aromatic nitrogens is 1. The molecular formula is C15H22N2O2. The number of ether oxygens (including phenoxy) is 1. The van der Waals surface area contributed by atoms with Crippen molar-refractivity contribution in [3.05, 3.63) is 30.1 Å². The van der Waals surface area contributed by atoms with Crippen LogP contribution >= 0.6 is 0 Å². The molecule has 4 heteroatoms. The first-order valence-electron chi connectivity index (χ1n) is 7.08. The highest BCUT2D eigenvalue weighted by atomic mass is 16.5. The van der Waals surface area contributed by atoms with Gasteiger partial charge in [-0.1, -0.05) is 0 Å². The third-order valence-electron chi connectivity index (χ3n) is 3.52. The highest BCUT2D eigenvalue weighted by Crippen LogP contribution is 2.16. The lowest BCUT2D eigenvalue weighted by atomic mass is 9.99. The Bertz CT molecular complexity index is 375. The van der Waals surface area contributed by atoms with E-state index in [0.717, 1.165) is 44.6 Å². The molecule has 19 heavy (non-hydrogen) atoms. The first kappa shape index (κ1) is 14.0. The van der Waals surface area contributed by atoms with Crippen molar-refractivity contribution in [2.75, 3.05) is 19.8 Å². The number of carbonyl (C=O) groups excluding carboxylic acids is 1. The molecule has 1 aromatic heterocycles. The minimum Gasteiger partial charge on any atom is -0.381 e. The van der Waals surface area contributed by atoms with E-state index in [2.05, 4.69) is 10.3 Å². The first-order chi connectivity index (χ1) is 9.34. The third-order valence-corrected chi connectivity index (χ3v) is 3.52. The molecule has 2 rings (SSSR count). The highest BCUT2D eigenvalue weighted by Gasteiger charge is 2.13. The molecule has 0 aliphatic carbocycles. The third kappa shape index (κ3) is 5.39. The largest absolute Gasteiger partial charge is 0.381 e.